The van der Waals surface area contributed by atoms with E-state index in [-0.39, 0.29) is 18.7 Å². The summed E-state index contributed by atoms with van der Waals surface area (Å²) in [5.41, 5.74) is -0.323. The van der Waals surface area contributed by atoms with Gasteiger partial charge in [0.1, 0.15) is 11.6 Å². The summed E-state index contributed by atoms with van der Waals surface area (Å²) < 4.78 is 26.5. The third-order valence-corrected chi connectivity index (χ3v) is 2.57. The van der Waals surface area contributed by atoms with Gasteiger partial charge in [-0.15, -0.1) is 0 Å². The molecule has 0 heterocycles. The first-order valence-corrected chi connectivity index (χ1v) is 5.64. The topological polar surface area (TPSA) is 89.8 Å². The number of carboxylic acid groups (broad SMARTS) is 1. The zero-order chi connectivity index (χ0) is 14.4. The standard InChI is InChI=1S/C12H15F2NO4/c13-7-1-2-9(14)8(5-7)12(19)10(6-11(17)18)15-3-4-16/h1-2,5,10,12,15-16,19H,3-4,6H2,(H,17,18). The van der Waals surface area contributed by atoms with Crippen molar-refractivity contribution in [3.05, 3.63) is 35.4 Å². The molecule has 4 N–H and O–H groups in total. The second-order valence-corrected chi connectivity index (χ2v) is 3.99. The average Bonchev–Trinajstić information content (AvgIpc) is 2.36. The summed E-state index contributed by atoms with van der Waals surface area (Å²) in [4.78, 5) is 10.7. The lowest BCUT2D eigenvalue weighted by Gasteiger charge is -2.23. The van der Waals surface area contributed by atoms with Gasteiger partial charge >= 0.3 is 5.97 Å². The van der Waals surface area contributed by atoms with Crippen LogP contribution >= 0.6 is 0 Å². The van der Waals surface area contributed by atoms with Crippen LogP contribution in [0.3, 0.4) is 0 Å². The van der Waals surface area contributed by atoms with Crippen molar-refractivity contribution in [1.82, 2.24) is 5.32 Å². The fraction of sp³-hybridized carbons (Fsp3) is 0.417. The van der Waals surface area contributed by atoms with Gasteiger partial charge in [-0.25, -0.2) is 8.78 Å². The molecule has 106 valence electrons. The Kier molecular flexibility index (Phi) is 5.81. The Balaban J connectivity index is 2.93. The van der Waals surface area contributed by atoms with Crippen molar-refractivity contribution >= 4 is 5.97 Å². The quantitative estimate of drug-likeness (QED) is 0.579. The average molecular weight is 275 g/mol. The van der Waals surface area contributed by atoms with Gasteiger partial charge in [-0.05, 0) is 18.2 Å². The lowest BCUT2D eigenvalue weighted by molar-refractivity contribution is -0.138. The minimum absolute atomic E-state index is 0.0337. The summed E-state index contributed by atoms with van der Waals surface area (Å²) in [6, 6.07) is 1.55. The molecule has 0 fully saturated rings. The van der Waals surface area contributed by atoms with Crippen LogP contribution in [0.2, 0.25) is 0 Å². The van der Waals surface area contributed by atoms with E-state index >= 15 is 0 Å². The summed E-state index contributed by atoms with van der Waals surface area (Å²) in [6.07, 6.45) is -2.02. The Morgan fingerprint density at radius 3 is 2.63 bits per heavy atom. The number of benzene rings is 1. The zero-order valence-corrected chi connectivity index (χ0v) is 10.0. The molecule has 0 aromatic heterocycles. The monoisotopic (exact) mass is 275 g/mol. The zero-order valence-electron chi connectivity index (χ0n) is 10.0. The maximum absolute atomic E-state index is 13.5. The first-order valence-electron chi connectivity index (χ1n) is 5.64. The molecule has 0 saturated heterocycles. The van der Waals surface area contributed by atoms with Crippen LogP contribution in [0, 0.1) is 11.6 Å². The van der Waals surface area contributed by atoms with Gasteiger partial charge in [-0.1, -0.05) is 0 Å². The van der Waals surface area contributed by atoms with Crippen LogP contribution in [-0.2, 0) is 4.79 Å². The number of rotatable bonds is 7. The minimum Gasteiger partial charge on any atom is -0.481 e. The van der Waals surface area contributed by atoms with Crippen molar-refractivity contribution in [1.29, 1.82) is 0 Å². The Bertz CT molecular complexity index is 442. The first-order chi connectivity index (χ1) is 8.95. The van der Waals surface area contributed by atoms with E-state index in [1.54, 1.807) is 0 Å². The summed E-state index contributed by atoms with van der Waals surface area (Å²) in [5.74, 6) is -2.76. The van der Waals surface area contributed by atoms with Crippen LogP contribution in [0.15, 0.2) is 18.2 Å². The Morgan fingerprint density at radius 1 is 1.37 bits per heavy atom. The van der Waals surface area contributed by atoms with E-state index in [4.69, 9.17) is 10.2 Å². The van der Waals surface area contributed by atoms with Gasteiger partial charge in [0.15, 0.2) is 0 Å². The first kappa shape index (κ1) is 15.5. The molecule has 0 aliphatic heterocycles. The largest absolute Gasteiger partial charge is 0.481 e. The molecule has 19 heavy (non-hydrogen) atoms. The minimum atomic E-state index is -1.53. The lowest BCUT2D eigenvalue weighted by Crippen LogP contribution is -2.38. The van der Waals surface area contributed by atoms with Gasteiger partial charge in [-0.3, -0.25) is 4.79 Å². The molecular formula is C12H15F2NO4. The molecule has 0 aliphatic carbocycles. The number of aliphatic hydroxyl groups excluding tert-OH is 2. The van der Waals surface area contributed by atoms with Crippen molar-refractivity contribution in [2.45, 2.75) is 18.6 Å². The second-order valence-electron chi connectivity index (χ2n) is 3.99. The van der Waals surface area contributed by atoms with E-state index in [2.05, 4.69) is 5.32 Å². The number of aliphatic hydroxyl groups is 2. The van der Waals surface area contributed by atoms with Gasteiger partial charge in [0.2, 0.25) is 0 Å². The van der Waals surface area contributed by atoms with Gasteiger partial charge in [-0.2, -0.15) is 0 Å². The van der Waals surface area contributed by atoms with Crippen molar-refractivity contribution < 1.29 is 28.9 Å². The normalized spacial score (nSPS) is 14.1. The fourth-order valence-corrected chi connectivity index (χ4v) is 1.69. The van der Waals surface area contributed by atoms with E-state index in [1.807, 2.05) is 0 Å². The van der Waals surface area contributed by atoms with Crippen molar-refractivity contribution in [2.24, 2.45) is 0 Å². The van der Waals surface area contributed by atoms with Gasteiger partial charge in [0.05, 0.1) is 19.1 Å². The van der Waals surface area contributed by atoms with Crippen molar-refractivity contribution in [3.8, 4) is 0 Å². The van der Waals surface area contributed by atoms with Gasteiger partial charge < -0.3 is 20.6 Å². The highest BCUT2D eigenvalue weighted by Gasteiger charge is 2.25. The highest BCUT2D eigenvalue weighted by Crippen LogP contribution is 2.23. The molecule has 0 radical (unpaired) electrons. The highest BCUT2D eigenvalue weighted by molar-refractivity contribution is 5.67. The molecule has 0 saturated carbocycles. The summed E-state index contributed by atoms with van der Waals surface area (Å²) in [7, 11) is 0. The second kappa shape index (κ2) is 7.13. The Labute approximate surface area is 108 Å². The van der Waals surface area contributed by atoms with Crippen LogP contribution in [0.25, 0.3) is 0 Å². The van der Waals surface area contributed by atoms with Crippen molar-refractivity contribution in [3.63, 3.8) is 0 Å². The number of carboxylic acids is 1. The van der Waals surface area contributed by atoms with Crippen LogP contribution in [-0.4, -0.2) is 40.5 Å². The SMILES string of the molecule is O=C(O)CC(NCCO)C(O)c1cc(F)ccc1F. The van der Waals surface area contributed by atoms with Crippen LogP contribution in [0.4, 0.5) is 8.78 Å². The third kappa shape index (κ3) is 4.55. The molecule has 1 aromatic rings. The molecule has 1 rings (SSSR count). The van der Waals surface area contributed by atoms with Crippen molar-refractivity contribution in [2.75, 3.05) is 13.2 Å². The highest BCUT2D eigenvalue weighted by atomic mass is 19.1. The van der Waals surface area contributed by atoms with Gasteiger partial charge in [0, 0.05) is 18.2 Å². The van der Waals surface area contributed by atoms with Crippen LogP contribution in [0.1, 0.15) is 18.1 Å². The number of hydrogen-bond donors (Lipinski definition) is 4. The van der Waals surface area contributed by atoms with E-state index in [1.165, 1.54) is 0 Å². The molecule has 0 spiro atoms. The number of carbonyl (C=O) groups is 1. The lowest BCUT2D eigenvalue weighted by atomic mass is 9.99. The number of halogens is 2. The molecular weight excluding hydrogens is 260 g/mol. The Morgan fingerprint density at radius 2 is 2.05 bits per heavy atom. The van der Waals surface area contributed by atoms with E-state index in [0.717, 1.165) is 18.2 Å². The van der Waals surface area contributed by atoms with Crippen LogP contribution < -0.4 is 5.32 Å². The summed E-state index contributed by atoms with van der Waals surface area (Å²) in [5, 5.41) is 29.9. The number of hydrogen-bond acceptors (Lipinski definition) is 4. The van der Waals surface area contributed by atoms with Gasteiger partial charge in [0.25, 0.3) is 0 Å². The predicted molar refractivity (Wildman–Crippen MR) is 62.4 cm³/mol. The summed E-state index contributed by atoms with van der Waals surface area (Å²) >= 11 is 0. The maximum Gasteiger partial charge on any atom is 0.305 e. The number of nitrogens with one attached hydrogen (secondary N) is 1. The molecule has 0 bridgehead atoms. The molecule has 1 aromatic carbocycles. The smallest absolute Gasteiger partial charge is 0.305 e. The third-order valence-electron chi connectivity index (χ3n) is 2.57. The molecule has 2 unspecified atom stereocenters. The summed E-state index contributed by atoms with van der Waals surface area (Å²) in [6.45, 7) is -0.236. The fourth-order valence-electron chi connectivity index (χ4n) is 1.69. The molecule has 0 amide bonds. The molecule has 0 aliphatic rings. The van der Waals surface area contributed by atoms with E-state index in [0.29, 0.717) is 0 Å². The predicted octanol–water partition coefficient (Wildman–Crippen LogP) is 0.423. The van der Waals surface area contributed by atoms with E-state index < -0.39 is 36.2 Å². The maximum atomic E-state index is 13.5. The molecule has 2 atom stereocenters. The Hall–Kier alpha value is -1.57. The molecule has 5 nitrogen and oxygen atoms in total. The van der Waals surface area contributed by atoms with Crippen LogP contribution in [0.5, 0.6) is 0 Å². The van der Waals surface area contributed by atoms with E-state index in [9.17, 15) is 18.7 Å². The molecule has 7 heteroatoms. The number of aliphatic carboxylic acids is 1.